The average molecular weight is 342 g/mol. The smallest absolute Gasteiger partial charge is 0.317 e. The summed E-state index contributed by atoms with van der Waals surface area (Å²) in [5.74, 6) is 0.154. The van der Waals surface area contributed by atoms with Gasteiger partial charge in [-0.25, -0.2) is 23.5 Å². The van der Waals surface area contributed by atoms with Crippen molar-refractivity contribution in [2.24, 2.45) is 0 Å². The zero-order chi connectivity index (χ0) is 17.2. The van der Waals surface area contributed by atoms with Gasteiger partial charge in [-0.1, -0.05) is 0 Å². The van der Waals surface area contributed by atoms with E-state index in [0.29, 0.717) is 26.3 Å². The Morgan fingerprint density at radius 3 is 3.08 bits per heavy atom. The summed E-state index contributed by atoms with van der Waals surface area (Å²) in [6, 6.07) is 0.867. The van der Waals surface area contributed by atoms with Gasteiger partial charge in [0.25, 0.3) is 6.43 Å². The molecule has 2 aliphatic heterocycles. The summed E-state index contributed by atoms with van der Waals surface area (Å²) in [6.45, 7) is 3.91. The Morgan fingerprint density at radius 1 is 1.54 bits per heavy atom. The van der Waals surface area contributed by atoms with Gasteiger partial charge < -0.3 is 19.7 Å². The van der Waals surface area contributed by atoms with Gasteiger partial charge >= 0.3 is 6.03 Å². The molecule has 2 fully saturated rings. The van der Waals surface area contributed by atoms with Gasteiger partial charge in [-0.05, 0) is 13.0 Å². The molecule has 0 bridgehead atoms. The summed E-state index contributed by atoms with van der Waals surface area (Å²) >= 11 is 0. The first-order chi connectivity index (χ1) is 11.5. The van der Waals surface area contributed by atoms with Gasteiger partial charge in [0.15, 0.2) is 0 Å². The number of hydrogen-bond acceptors (Lipinski definition) is 5. The Bertz CT molecular complexity index is 604. The first kappa shape index (κ1) is 17.0. The summed E-state index contributed by atoms with van der Waals surface area (Å²) in [5, 5.41) is 2.68. The maximum atomic E-state index is 12.6. The maximum absolute atomic E-state index is 12.6. The molecule has 3 heterocycles. The van der Waals surface area contributed by atoms with Crippen molar-refractivity contribution in [1.29, 1.82) is 0 Å². The molecule has 0 aliphatic carbocycles. The fourth-order valence-corrected chi connectivity index (χ4v) is 3.03. The van der Waals surface area contributed by atoms with E-state index >= 15 is 0 Å². The van der Waals surface area contributed by atoms with Crippen LogP contribution in [0.15, 0.2) is 12.3 Å². The lowest BCUT2D eigenvalue weighted by Crippen LogP contribution is -2.58. The van der Waals surface area contributed by atoms with Crippen molar-refractivity contribution in [2.75, 3.05) is 26.3 Å². The molecule has 1 aromatic rings. The van der Waals surface area contributed by atoms with Gasteiger partial charge in [-0.2, -0.15) is 0 Å². The lowest BCUT2D eigenvalue weighted by Gasteiger charge is -2.41. The van der Waals surface area contributed by atoms with Crippen molar-refractivity contribution < 1.29 is 23.0 Å². The number of aromatic nitrogens is 2. The van der Waals surface area contributed by atoms with E-state index in [0.717, 1.165) is 12.5 Å². The number of rotatable bonds is 3. The third-order valence-electron chi connectivity index (χ3n) is 4.48. The second-order valence-corrected chi connectivity index (χ2v) is 5.95. The fourth-order valence-electron chi connectivity index (χ4n) is 3.03. The van der Waals surface area contributed by atoms with Crippen LogP contribution in [0.4, 0.5) is 13.6 Å². The summed E-state index contributed by atoms with van der Waals surface area (Å²) < 4.78 is 36.7. The Kier molecular flexibility index (Phi) is 4.91. The number of morpholine rings is 1. The molecular weight excluding hydrogens is 322 g/mol. The van der Waals surface area contributed by atoms with Gasteiger partial charge in [0.1, 0.15) is 17.1 Å². The van der Waals surface area contributed by atoms with E-state index in [9.17, 15) is 13.6 Å². The summed E-state index contributed by atoms with van der Waals surface area (Å²) in [5.41, 5.74) is -0.807. The normalized spacial score (nSPS) is 27.0. The van der Waals surface area contributed by atoms with Gasteiger partial charge in [-0.3, -0.25) is 0 Å². The van der Waals surface area contributed by atoms with Gasteiger partial charge in [0.2, 0.25) is 0 Å². The second-order valence-electron chi connectivity index (χ2n) is 5.95. The Balaban J connectivity index is 1.58. The fraction of sp³-hybridized carbons (Fsp3) is 0.667. The molecule has 1 N–H and O–H groups in total. The lowest BCUT2D eigenvalue weighted by molar-refractivity contribution is -0.125. The van der Waals surface area contributed by atoms with Crippen LogP contribution in [-0.2, 0) is 16.0 Å². The van der Waals surface area contributed by atoms with Crippen LogP contribution in [0.25, 0.3) is 0 Å². The Hall–Kier alpha value is -1.87. The van der Waals surface area contributed by atoms with Crippen molar-refractivity contribution in [3.63, 3.8) is 0 Å². The zero-order valence-electron chi connectivity index (χ0n) is 13.4. The van der Waals surface area contributed by atoms with E-state index in [1.54, 1.807) is 4.90 Å². The number of hydrogen-bond donors (Lipinski definition) is 1. The number of carbonyl (C=O) groups excluding carboxylic acids is 1. The number of carbonyl (C=O) groups is 1. The first-order valence-corrected chi connectivity index (χ1v) is 7.88. The Morgan fingerprint density at radius 2 is 2.38 bits per heavy atom. The highest BCUT2D eigenvalue weighted by atomic mass is 19.3. The highest BCUT2D eigenvalue weighted by Gasteiger charge is 2.46. The summed E-state index contributed by atoms with van der Waals surface area (Å²) in [6.07, 6.45) is -0.723. The van der Waals surface area contributed by atoms with Crippen LogP contribution < -0.4 is 5.32 Å². The van der Waals surface area contributed by atoms with Crippen LogP contribution in [0.5, 0.6) is 0 Å². The summed E-state index contributed by atoms with van der Waals surface area (Å²) in [7, 11) is 0. The number of urea groups is 1. The molecule has 1 aromatic heterocycles. The third-order valence-corrected chi connectivity index (χ3v) is 4.48. The predicted molar refractivity (Wildman–Crippen MR) is 79.5 cm³/mol. The molecule has 0 saturated carbocycles. The highest BCUT2D eigenvalue weighted by molar-refractivity contribution is 5.74. The monoisotopic (exact) mass is 342 g/mol. The van der Waals surface area contributed by atoms with E-state index in [4.69, 9.17) is 9.47 Å². The predicted octanol–water partition coefficient (Wildman–Crippen LogP) is 1.50. The van der Waals surface area contributed by atoms with Crippen LogP contribution in [0, 0.1) is 0 Å². The lowest BCUT2D eigenvalue weighted by atomic mass is 9.94. The van der Waals surface area contributed by atoms with Crippen LogP contribution in [0.2, 0.25) is 0 Å². The molecule has 2 atom stereocenters. The maximum Gasteiger partial charge on any atom is 0.317 e. The number of halogens is 2. The van der Waals surface area contributed by atoms with Crippen LogP contribution in [0.1, 0.15) is 31.3 Å². The van der Waals surface area contributed by atoms with Crippen molar-refractivity contribution >= 4 is 6.03 Å². The average Bonchev–Trinajstić information content (AvgIpc) is 2.93. The Labute approximate surface area is 138 Å². The number of nitrogens with zero attached hydrogens (tertiary/aromatic N) is 3. The van der Waals surface area contributed by atoms with Crippen LogP contribution in [-0.4, -0.2) is 58.9 Å². The molecule has 2 aliphatic rings. The van der Waals surface area contributed by atoms with E-state index in [1.807, 2.05) is 6.92 Å². The third kappa shape index (κ3) is 3.46. The van der Waals surface area contributed by atoms with Crippen molar-refractivity contribution in [2.45, 2.75) is 38.0 Å². The highest BCUT2D eigenvalue weighted by Crippen LogP contribution is 2.33. The molecule has 3 rings (SSSR count). The van der Waals surface area contributed by atoms with Gasteiger partial charge in [-0.15, -0.1) is 0 Å². The number of nitrogens with one attached hydrogen (secondary N) is 1. The van der Waals surface area contributed by atoms with E-state index < -0.39 is 12.0 Å². The first-order valence-electron chi connectivity index (χ1n) is 7.88. The second kappa shape index (κ2) is 6.94. The van der Waals surface area contributed by atoms with Crippen molar-refractivity contribution in [3.05, 3.63) is 23.8 Å². The molecule has 2 saturated heterocycles. The van der Waals surface area contributed by atoms with Gasteiger partial charge in [0, 0.05) is 25.8 Å². The minimum atomic E-state index is -2.66. The standard InChI is InChI=1S/C15H20F2N4O3/c1-10-15(3-6-23-10)9-21(5-7-24-15)14(22)19-8-12-18-4-2-11(20-12)13(16)17/h2,4,10,13H,3,5-9H2,1H3,(H,19,22). The van der Waals surface area contributed by atoms with E-state index in [1.165, 1.54) is 6.20 Å². The quantitative estimate of drug-likeness (QED) is 0.901. The van der Waals surface area contributed by atoms with Gasteiger partial charge in [0.05, 0.1) is 25.8 Å². The SMILES string of the molecule is CC1OCCC12CN(C(=O)NCc1nccc(C(F)F)n1)CCO2. The molecule has 0 aromatic carbocycles. The molecule has 24 heavy (non-hydrogen) atoms. The molecular formula is C15H20F2N4O3. The molecule has 7 nitrogen and oxygen atoms in total. The summed E-state index contributed by atoms with van der Waals surface area (Å²) in [4.78, 5) is 21.6. The largest absolute Gasteiger partial charge is 0.375 e. The number of alkyl halides is 2. The minimum Gasteiger partial charge on any atom is -0.375 e. The number of amides is 2. The van der Waals surface area contributed by atoms with Crippen molar-refractivity contribution in [1.82, 2.24) is 20.2 Å². The molecule has 9 heteroatoms. The molecule has 2 amide bonds. The molecule has 0 radical (unpaired) electrons. The number of ether oxygens (including phenoxy) is 2. The zero-order valence-corrected chi connectivity index (χ0v) is 13.4. The molecule has 132 valence electrons. The van der Waals surface area contributed by atoms with E-state index in [-0.39, 0.29) is 30.2 Å². The van der Waals surface area contributed by atoms with Crippen LogP contribution in [0.3, 0.4) is 0 Å². The minimum absolute atomic E-state index is 0.00416. The van der Waals surface area contributed by atoms with Crippen LogP contribution >= 0.6 is 0 Å². The van der Waals surface area contributed by atoms with Crippen molar-refractivity contribution in [3.8, 4) is 0 Å². The molecule has 1 spiro atoms. The topological polar surface area (TPSA) is 76.6 Å². The van der Waals surface area contributed by atoms with E-state index in [2.05, 4.69) is 15.3 Å². The molecule has 2 unspecified atom stereocenters.